The topological polar surface area (TPSA) is 49.6 Å². The van der Waals surface area contributed by atoms with E-state index in [0.29, 0.717) is 22.2 Å². The molecule has 0 unspecified atom stereocenters. The molecule has 4 heterocycles. The quantitative estimate of drug-likeness (QED) is 0.535. The summed E-state index contributed by atoms with van der Waals surface area (Å²) in [6.45, 7) is 3.72. The molecule has 0 spiro atoms. The van der Waals surface area contributed by atoms with Crippen molar-refractivity contribution >= 4 is 22.4 Å². The second kappa shape index (κ2) is 7.04. The van der Waals surface area contributed by atoms with Crippen LogP contribution in [0.15, 0.2) is 42.7 Å². The molecule has 0 atom stereocenters. The lowest BCUT2D eigenvalue weighted by molar-refractivity contribution is 0.311. The van der Waals surface area contributed by atoms with Crippen molar-refractivity contribution in [3.63, 3.8) is 0 Å². The van der Waals surface area contributed by atoms with Crippen LogP contribution in [0.4, 0.5) is 14.6 Å². The lowest BCUT2D eigenvalue weighted by atomic mass is 10.0. The predicted octanol–water partition coefficient (Wildman–Crippen LogP) is 2.90. The number of benzene rings is 1. The highest BCUT2D eigenvalue weighted by Crippen LogP contribution is 2.25. The number of anilines is 1. The van der Waals surface area contributed by atoms with Crippen LogP contribution in [0.3, 0.4) is 0 Å². The van der Waals surface area contributed by atoms with E-state index in [1.165, 1.54) is 12.3 Å². The first-order chi connectivity index (χ1) is 14.1. The molecule has 0 radical (unpaired) electrons. The minimum atomic E-state index is -0.612. The van der Waals surface area contributed by atoms with Crippen LogP contribution in [0, 0.1) is 11.6 Å². The summed E-state index contributed by atoms with van der Waals surface area (Å²) in [6, 6.07) is 8.37. The van der Waals surface area contributed by atoms with Gasteiger partial charge in [-0.1, -0.05) is 0 Å². The molecule has 3 aromatic heterocycles. The zero-order valence-corrected chi connectivity index (χ0v) is 16.0. The minimum absolute atomic E-state index is 0.000833. The van der Waals surface area contributed by atoms with Gasteiger partial charge in [0, 0.05) is 55.8 Å². The second-order valence-corrected chi connectivity index (χ2v) is 7.40. The van der Waals surface area contributed by atoms with Crippen molar-refractivity contribution in [3.05, 3.63) is 65.6 Å². The van der Waals surface area contributed by atoms with Gasteiger partial charge in [0.1, 0.15) is 17.5 Å². The van der Waals surface area contributed by atoms with Gasteiger partial charge < -0.3 is 9.80 Å². The lowest BCUT2D eigenvalue weighted by Crippen LogP contribution is -2.45. The van der Waals surface area contributed by atoms with Gasteiger partial charge in [-0.3, -0.25) is 4.98 Å². The second-order valence-electron chi connectivity index (χ2n) is 7.40. The van der Waals surface area contributed by atoms with Gasteiger partial charge in [0.25, 0.3) is 0 Å². The third-order valence-corrected chi connectivity index (χ3v) is 5.50. The number of imidazole rings is 1. The Hall–Kier alpha value is -3.13. The number of aromatic nitrogens is 4. The van der Waals surface area contributed by atoms with Crippen LogP contribution in [0.1, 0.15) is 11.3 Å². The Morgan fingerprint density at radius 3 is 2.69 bits per heavy atom. The van der Waals surface area contributed by atoms with E-state index < -0.39 is 11.6 Å². The summed E-state index contributed by atoms with van der Waals surface area (Å²) in [7, 11) is 2.10. The van der Waals surface area contributed by atoms with E-state index >= 15 is 0 Å². The average molecular weight is 394 g/mol. The molecule has 8 heteroatoms. The highest BCUT2D eigenvalue weighted by Gasteiger charge is 2.19. The molecule has 0 N–H and O–H groups in total. The van der Waals surface area contributed by atoms with Gasteiger partial charge in [-0.25, -0.2) is 18.3 Å². The van der Waals surface area contributed by atoms with Crippen LogP contribution in [0.2, 0.25) is 0 Å². The van der Waals surface area contributed by atoms with Gasteiger partial charge in [0.15, 0.2) is 5.65 Å². The maximum Gasteiger partial charge on any atom is 0.153 e. The number of nitrogens with zero attached hydrogens (tertiary/aromatic N) is 6. The first-order valence-electron chi connectivity index (χ1n) is 9.59. The summed E-state index contributed by atoms with van der Waals surface area (Å²) >= 11 is 0. The largest absolute Gasteiger partial charge is 0.353 e. The Morgan fingerprint density at radius 2 is 1.86 bits per heavy atom. The van der Waals surface area contributed by atoms with Crippen molar-refractivity contribution in [3.8, 4) is 0 Å². The van der Waals surface area contributed by atoms with Crippen LogP contribution in [0.5, 0.6) is 0 Å². The van der Waals surface area contributed by atoms with Gasteiger partial charge in [-0.05, 0) is 31.3 Å². The summed E-state index contributed by atoms with van der Waals surface area (Å²) in [5, 5.41) is 5.02. The molecule has 29 heavy (non-hydrogen) atoms. The molecule has 1 aliphatic heterocycles. The molecule has 148 valence electrons. The van der Waals surface area contributed by atoms with Crippen LogP contribution in [-0.4, -0.2) is 57.7 Å². The Labute approximate surface area is 166 Å². The van der Waals surface area contributed by atoms with Crippen molar-refractivity contribution in [2.45, 2.75) is 6.42 Å². The smallest absolute Gasteiger partial charge is 0.153 e. The van der Waals surface area contributed by atoms with Gasteiger partial charge in [-0.15, -0.1) is 5.10 Å². The summed E-state index contributed by atoms with van der Waals surface area (Å²) < 4.78 is 31.3. The first-order valence-corrected chi connectivity index (χ1v) is 9.59. The number of halogens is 2. The van der Waals surface area contributed by atoms with E-state index in [9.17, 15) is 8.78 Å². The van der Waals surface area contributed by atoms with Gasteiger partial charge in [0.2, 0.25) is 0 Å². The number of likely N-dealkylation sites (N-methyl/N-ethyl adjacent to an activating group) is 1. The van der Waals surface area contributed by atoms with Crippen LogP contribution in [0.25, 0.3) is 16.6 Å². The average Bonchev–Trinajstić information content (AvgIpc) is 3.14. The summed E-state index contributed by atoms with van der Waals surface area (Å²) in [5.74, 6) is -0.356. The van der Waals surface area contributed by atoms with E-state index in [0.717, 1.165) is 32.0 Å². The fraction of sp³-hybridized carbons (Fsp3) is 0.286. The van der Waals surface area contributed by atoms with Crippen molar-refractivity contribution < 1.29 is 8.78 Å². The fourth-order valence-corrected chi connectivity index (χ4v) is 3.77. The number of piperazine rings is 1. The molecular weight excluding hydrogens is 374 g/mol. The van der Waals surface area contributed by atoms with E-state index in [2.05, 4.69) is 26.8 Å². The van der Waals surface area contributed by atoms with Crippen molar-refractivity contribution in [2.24, 2.45) is 0 Å². The fourth-order valence-electron chi connectivity index (χ4n) is 3.77. The van der Waals surface area contributed by atoms with Crippen LogP contribution >= 0.6 is 0 Å². The van der Waals surface area contributed by atoms with Gasteiger partial charge in [0.05, 0.1) is 17.4 Å². The Morgan fingerprint density at radius 1 is 1.03 bits per heavy atom. The van der Waals surface area contributed by atoms with Gasteiger partial charge >= 0.3 is 0 Å². The number of rotatable bonds is 3. The first kappa shape index (κ1) is 17.9. The molecule has 0 amide bonds. The molecule has 1 aliphatic rings. The molecule has 6 nitrogen and oxygen atoms in total. The monoisotopic (exact) mass is 394 g/mol. The van der Waals surface area contributed by atoms with Crippen molar-refractivity contribution in [1.82, 2.24) is 24.5 Å². The summed E-state index contributed by atoms with van der Waals surface area (Å²) in [5.41, 5.74) is 1.59. The molecule has 5 rings (SSSR count). The third-order valence-electron chi connectivity index (χ3n) is 5.50. The highest BCUT2D eigenvalue weighted by atomic mass is 19.1. The van der Waals surface area contributed by atoms with E-state index in [1.807, 2.05) is 12.1 Å². The number of fused-ring (bicyclic) bond motifs is 2. The zero-order chi connectivity index (χ0) is 20.0. The zero-order valence-electron chi connectivity index (χ0n) is 16.0. The SMILES string of the molecule is CN1CCN(c2ccc3ncc(Cc4c(F)cc5ncccc5c4F)n3n2)CC1. The summed E-state index contributed by atoms with van der Waals surface area (Å²) in [4.78, 5) is 12.9. The third kappa shape index (κ3) is 3.19. The molecule has 4 aromatic rings. The molecule has 0 bridgehead atoms. The Bertz CT molecular complexity index is 1200. The minimum Gasteiger partial charge on any atom is -0.353 e. The summed E-state index contributed by atoms with van der Waals surface area (Å²) in [6.07, 6.45) is 3.21. The maximum atomic E-state index is 15.0. The molecule has 0 aliphatic carbocycles. The van der Waals surface area contributed by atoms with Gasteiger partial charge in [-0.2, -0.15) is 0 Å². The van der Waals surface area contributed by atoms with E-state index in [-0.39, 0.29) is 12.0 Å². The molecular formula is C21H20F2N6. The number of hydrogen-bond acceptors (Lipinski definition) is 5. The van der Waals surface area contributed by atoms with Crippen molar-refractivity contribution in [2.75, 3.05) is 38.1 Å². The highest BCUT2D eigenvalue weighted by molar-refractivity contribution is 5.80. The van der Waals surface area contributed by atoms with Crippen molar-refractivity contribution in [1.29, 1.82) is 0 Å². The maximum absolute atomic E-state index is 15.0. The normalized spacial score (nSPS) is 15.5. The molecule has 1 fully saturated rings. The number of hydrogen-bond donors (Lipinski definition) is 0. The number of pyridine rings is 1. The van der Waals surface area contributed by atoms with Crippen LogP contribution < -0.4 is 4.90 Å². The standard InChI is InChI=1S/C21H20F2N6/c1-27-7-9-28(10-8-27)20-5-4-19-25-13-14(29(19)26-20)11-16-17(22)12-18-15(21(16)23)3-2-6-24-18/h2-6,12-13H,7-11H2,1H3. The molecule has 0 saturated carbocycles. The Balaban J connectivity index is 1.53. The van der Waals surface area contributed by atoms with Crippen LogP contribution in [-0.2, 0) is 6.42 Å². The van der Waals surface area contributed by atoms with E-state index in [1.54, 1.807) is 22.8 Å². The molecule has 1 aromatic carbocycles. The van der Waals surface area contributed by atoms with E-state index in [4.69, 9.17) is 5.10 Å². The molecule has 1 saturated heterocycles. The predicted molar refractivity (Wildman–Crippen MR) is 107 cm³/mol. The lowest BCUT2D eigenvalue weighted by Gasteiger charge is -2.33. The Kier molecular flexibility index (Phi) is 4.35.